The van der Waals surface area contributed by atoms with E-state index < -0.39 is 5.66 Å². The highest BCUT2D eigenvalue weighted by Gasteiger charge is 2.39. The molecule has 1 amide bonds. The van der Waals surface area contributed by atoms with Gasteiger partial charge in [-0.25, -0.2) is 4.98 Å². The number of benzene rings is 1. The number of amides is 1. The average molecular weight is 365 g/mol. The molecule has 7 heteroatoms. The van der Waals surface area contributed by atoms with Crippen molar-refractivity contribution in [2.45, 2.75) is 37.4 Å². The molecule has 1 atom stereocenters. The molecular formula is C20H23N5O2. The number of imidazole rings is 1. The Morgan fingerprint density at radius 2 is 2.07 bits per heavy atom. The number of carbonyl (C=O) groups excluding carboxylic acids is 1. The van der Waals surface area contributed by atoms with Crippen LogP contribution in [-0.2, 0) is 11.8 Å². The van der Waals surface area contributed by atoms with E-state index in [9.17, 15) is 4.79 Å². The molecule has 1 aromatic carbocycles. The Labute approximate surface area is 158 Å². The predicted octanol–water partition coefficient (Wildman–Crippen LogP) is 2.99. The molecule has 2 aromatic rings. The second-order valence-electron chi connectivity index (χ2n) is 6.56. The summed E-state index contributed by atoms with van der Waals surface area (Å²) in [6, 6.07) is 7.25. The predicted molar refractivity (Wildman–Crippen MR) is 101 cm³/mol. The van der Waals surface area contributed by atoms with Gasteiger partial charge in [-0.05, 0) is 17.7 Å². The van der Waals surface area contributed by atoms with E-state index >= 15 is 0 Å². The number of aromatic nitrogens is 2. The fraction of sp³-hybridized carbons (Fsp3) is 0.400. The molecule has 0 saturated heterocycles. The lowest BCUT2D eigenvalue weighted by molar-refractivity contribution is -0.121. The molecule has 27 heavy (non-hydrogen) atoms. The van der Waals surface area contributed by atoms with Crippen molar-refractivity contribution in [2.75, 3.05) is 7.11 Å². The van der Waals surface area contributed by atoms with Crippen molar-refractivity contribution in [3.05, 3.63) is 48.0 Å². The molecule has 140 valence electrons. The largest absolute Gasteiger partial charge is 0.497 e. The van der Waals surface area contributed by atoms with Crippen LogP contribution >= 0.6 is 0 Å². The third-order valence-corrected chi connectivity index (χ3v) is 4.68. The zero-order valence-corrected chi connectivity index (χ0v) is 15.6. The summed E-state index contributed by atoms with van der Waals surface area (Å²) in [7, 11) is 3.53. The first-order valence-corrected chi connectivity index (χ1v) is 8.85. The normalized spacial score (nSPS) is 15.0. The maximum Gasteiger partial charge on any atom is 0.221 e. The molecule has 3 rings (SSSR count). The van der Waals surface area contributed by atoms with Gasteiger partial charge >= 0.3 is 0 Å². The monoisotopic (exact) mass is 365 g/mol. The number of hydrogen-bond donors (Lipinski definition) is 1. The van der Waals surface area contributed by atoms with Crippen molar-refractivity contribution >= 4 is 5.91 Å². The zero-order chi connectivity index (χ0) is 19.3. The average Bonchev–Trinajstić information content (AvgIpc) is 3.35. The Kier molecular flexibility index (Phi) is 5.55. The van der Waals surface area contributed by atoms with E-state index in [0.717, 1.165) is 17.1 Å². The van der Waals surface area contributed by atoms with Gasteiger partial charge in [0.25, 0.3) is 0 Å². The minimum atomic E-state index is -0.456. The summed E-state index contributed by atoms with van der Waals surface area (Å²) < 4.78 is 7.11. The maximum atomic E-state index is 12.6. The first-order valence-electron chi connectivity index (χ1n) is 8.85. The Morgan fingerprint density at radius 1 is 1.33 bits per heavy atom. The molecule has 0 spiro atoms. The van der Waals surface area contributed by atoms with Crippen molar-refractivity contribution < 1.29 is 9.53 Å². The molecule has 0 fully saturated rings. The molecular weight excluding hydrogens is 342 g/mol. The zero-order valence-electron chi connectivity index (χ0n) is 15.6. The van der Waals surface area contributed by atoms with Crippen LogP contribution in [0.15, 0.2) is 46.9 Å². The van der Waals surface area contributed by atoms with Crippen LogP contribution in [-0.4, -0.2) is 28.2 Å². The summed E-state index contributed by atoms with van der Waals surface area (Å²) in [5, 5.41) is 11.2. The first kappa shape index (κ1) is 18.6. The molecule has 0 radical (unpaired) electrons. The van der Waals surface area contributed by atoms with Crippen LogP contribution in [0.4, 0.5) is 0 Å². The molecule has 1 unspecified atom stereocenters. The van der Waals surface area contributed by atoms with Gasteiger partial charge in [0.2, 0.25) is 5.91 Å². The molecule has 7 nitrogen and oxygen atoms in total. The number of terminal acetylenes is 1. The number of rotatable bonds is 9. The molecule has 1 aliphatic heterocycles. The standard InChI is InChI=1S/C20H23N5O2/c1-4-5-11-20(23-24-20)12-10-17(26)22-18(19-21-13-14-25(19)2)15-6-8-16(27-3)9-7-15/h1,6-9,13-14,18H,5,10-12H2,2-3H3,(H,22,26). The van der Waals surface area contributed by atoms with E-state index in [2.05, 4.69) is 26.4 Å². The highest BCUT2D eigenvalue weighted by molar-refractivity contribution is 5.77. The molecule has 2 heterocycles. The van der Waals surface area contributed by atoms with E-state index in [-0.39, 0.29) is 11.9 Å². The topological polar surface area (TPSA) is 80.9 Å². The Balaban J connectivity index is 1.69. The number of ether oxygens (including phenoxy) is 1. The van der Waals surface area contributed by atoms with Gasteiger partial charge in [0.05, 0.1) is 7.11 Å². The van der Waals surface area contributed by atoms with Gasteiger partial charge in [-0.2, -0.15) is 10.2 Å². The third-order valence-electron chi connectivity index (χ3n) is 4.68. The van der Waals surface area contributed by atoms with Crippen LogP contribution in [0.5, 0.6) is 5.75 Å². The molecule has 0 saturated carbocycles. The van der Waals surface area contributed by atoms with E-state index in [4.69, 9.17) is 11.2 Å². The van der Waals surface area contributed by atoms with Gasteiger partial charge in [-0.15, -0.1) is 12.3 Å². The summed E-state index contributed by atoms with van der Waals surface area (Å²) in [5.74, 6) is 4.05. The molecule has 0 bridgehead atoms. The summed E-state index contributed by atoms with van der Waals surface area (Å²) in [6.45, 7) is 0. The second-order valence-corrected chi connectivity index (χ2v) is 6.56. The number of hydrogen-bond acceptors (Lipinski definition) is 5. The SMILES string of the molecule is C#CCCC1(CCC(=O)NC(c2ccc(OC)cc2)c2nccn2C)N=N1. The Morgan fingerprint density at radius 3 is 2.63 bits per heavy atom. The number of nitrogens with one attached hydrogen (secondary N) is 1. The van der Waals surface area contributed by atoms with Crippen molar-refractivity contribution in [1.82, 2.24) is 14.9 Å². The number of nitrogens with zero attached hydrogens (tertiary/aromatic N) is 4. The molecule has 0 aliphatic carbocycles. The van der Waals surface area contributed by atoms with Gasteiger partial charge in [0.15, 0.2) is 5.66 Å². The fourth-order valence-corrected chi connectivity index (χ4v) is 2.96. The fourth-order valence-electron chi connectivity index (χ4n) is 2.96. The van der Waals surface area contributed by atoms with Crippen LogP contribution in [0.2, 0.25) is 0 Å². The molecule has 1 aliphatic rings. The molecule has 1 N–H and O–H groups in total. The summed E-state index contributed by atoms with van der Waals surface area (Å²) in [4.78, 5) is 17.0. The third kappa shape index (κ3) is 4.53. The Bertz CT molecular complexity index is 857. The van der Waals surface area contributed by atoms with Crippen molar-refractivity contribution in [2.24, 2.45) is 17.3 Å². The lowest BCUT2D eigenvalue weighted by Crippen LogP contribution is -2.31. The molecule has 1 aromatic heterocycles. The van der Waals surface area contributed by atoms with Gasteiger partial charge in [-0.1, -0.05) is 12.1 Å². The smallest absolute Gasteiger partial charge is 0.221 e. The van der Waals surface area contributed by atoms with Crippen LogP contribution < -0.4 is 10.1 Å². The van der Waals surface area contributed by atoms with Crippen LogP contribution in [0.25, 0.3) is 0 Å². The van der Waals surface area contributed by atoms with Crippen LogP contribution in [0.3, 0.4) is 0 Å². The van der Waals surface area contributed by atoms with Gasteiger partial charge < -0.3 is 14.6 Å². The van der Waals surface area contributed by atoms with Gasteiger partial charge in [0, 0.05) is 45.1 Å². The maximum absolute atomic E-state index is 12.6. The van der Waals surface area contributed by atoms with E-state index in [0.29, 0.717) is 25.7 Å². The second kappa shape index (κ2) is 8.04. The van der Waals surface area contributed by atoms with Crippen LogP contribution in [0.1, 0.15) is 43.1 Å². The van der Waals surface area contributed by atoms with Crippen molar-refractivity contribution in [3.8, 4) is 18.1 Å². The van der Waals surface area contributed by atoms with Gasteiger partial charge in [0.1, 0.15) is 17.6 Å². The number of aryl methyl sites for hydroxylation is 1. The minimum absolute atomic E-state index is 0.0730. The van der Waals surface area contributed by atoms with Crippen molar-refractivity contribution in [3.63, 3.8) is 0 Å². The van der Waals surface area contributed by atoms with Gasteiger partial charge in [-0.3, -0.25) is 4.79 Å². The lowest BCUT2D eigenvalue weighted by atomic mass is 10.0. The summed E-state index contributed by atoms with van der Waals surface area (Å²) >= 11 is 0. The van der Waals surface area contributed by atoms with E-state index in [1.807, 2.05) is 42.1 Å². The number of methoxy groups -OCH3 is 1. The summed E-state index contributed by atoms with van der Waals surface area (Å²) in [6.07, 6.45) is 11.1. The van der Waals surface area contributed by atoms with E-state index in [1.54, 1.807) is 13.3 Å². The first-order chi connectivity index (χ1) is 13.1. The Hall–Kier alpha value is -3.14. The van der Waals surface area contributed by atoms with E-state index in [1.165, 1.54) is 0 Å². The number of carbonyl (C=O) groups is 1. The summed E-state index contributed by atoms with van der Waals surface area (Å²) in [5.41, 5.74) is 0.476. The van der Waals surface area contributed by atoms with Crippen LogP contribution in [0, 0.1) is 12.3 Å². The minimum Gasteiger partial charge on any atom is -0.497 e. The highest BCUT2D eigenvalue weighted by Crippen LogP contribution is 2.37. The highest BCUT2D eigenvalue weighted by atomic mass is 16.5. The lowest BCUT2D eigenvalue weighted by Gasteiger charge is -2.20. The quantitative estimate of drug-likeness (QED) is 0.694. The van der Waals surface area contributed by atoms with Crippen molar-refractivity contribution in [1.29, 1.82) is 0 Å².